The van der Waals surface area contributed by atoms with Crippen molar-refractivity contribution in [2.45, 2.75) is 63.0 Å². The lowest BCUT2D eigenvalue weighted by Gasteiger charge is -2.37. The molecule has 2 bridgehead atoms. The van der Waals surface area contributed by atoms with E-state index in [1.165, 1.54) is 18.2 Å². The Morgan fingerprint density at radius 3 is 2.57 bits per heavy atom. The van der Waals surface area contributed by atoms with Crippen LogP contribution in [0.2, 0.25) is 0 Å². The summed E-state index contributed by atoms with van der Waals surface area (Å²) in [6.45, 7) is 4.42. The summed E-state index contributed by atoms with van der Waals surface area (Å²) in [5, 5.41) is 23.1. The third-order valence-corrected chi connectivity index (χ3v) is 9.03. The molecule has 3 heterocycles. The van der Waals surface area contributed by atoms with Gasteiger partial charge in [-0.25, -0.2) is 13.8 Å². The van der Waals surface area contributed by atoms with Gasteiger partial charge in [-0.1, -0.05) is 19.9 Å². The maximum absolute atomic E-state index is 14.5. The lowest BCUT2D eigenvalue weighted by atomic mass is 9.66. The van der Waals surface area contributed by atoms with Crippen molar-refractivity contribution in [3.8, 4) is 22.5 Å². The van der Waals surface area contributed by atoms with E-state index < -0.39 is 17.0 Å². The van der Waals surface area contributed by atoms with Crippen LogP contribution >= 0.6 is 0 Å². The zero-order valence-corrected chi connectivity index (χ0v) is 20.6. The highest BCUT2D eigenvalue weighted by Gasteiger charge is 2.65. The lowest BCUT2D eigenvalue weighted by molar-refractivity contribution is 0.0434. The van der Waals surface area contributed by atoms with Gasteiger partial charge in [-0.15, -0.1) is 5.10 Å². The molecule has 0 saturated heterocycles. The van der Waals surface area contributed by atoms with Gasteiger partial charge in [0.2, 0.25) is 0 Å². The van der Waals surface area contributed by atoms with E-state index in [0.29, 0.717) is 12.8 Å². The third-order valence-electron chi connectivity index (χ3n) is 9.03. The van der Waals surface area contributed by atoms with Gasteiger partial charge in [0, 0.05) is 18.0 Å². The van der Waals surface area contributed by atoms with Crippen molar-refractivity contribution >= 4 is 0 Å². The second-order valence-corrected chi connectivity index (χ2v) is 11.1. The van der Waals surface area contributed by atoms with Gasteiger partial charge in [0.15, 0.2) is 0 Å². The highest BCUT2D eigenvalue weighted by atomic mass is 19.1. The molecule has 3 aliphatic carbocycles. The van der Waals surface area contributed by atoms with E-state index in [0.717, 1.165) is 41.1 Å². The molecule has 7 rings (SSSR count). The van der Waals surface area contributed by atoms with Crippen LogP contribution in [0, 0.1) is 17.0 Å². The van der Waals surface area contributed by atoms with Gasteiger partial charge in [-0.3, -0.25) is 9.67 Å². The van der Waals surface area contributed by atoms with Crippen LogP contribution < -0.4 is 0 Å². The van der Waals surface area contributed by atoms with E-state index in [1.807, 2.05) is 23.1 Å². The summed E-state index contributed by atoms with van der Waals surface area (Å²) >= 11 is 0. The summed E-state index contributed by atoms with van der Waals surface area (Å²) < 4.78 is 30.9. The molecule has 2 saturated carbocycles. The Morgan fingerprint density at radius 2 is 1.81 bits per heavy atom. The van der Waals surface area contributed by atoms with Crippen LogP contribution in [-0.2, 0) is 5.41 Å². The molecule has 188 valence electrons. The molecule has 0 radical (unpaired) electrons. The SMILES string of the molecule is CC1(C)[C@H]2CC[C@]1(c1cncc(-c3cnn(C4CC(O)C4)c3)n1)c1nnc(-c3c(F)cccc3F)cc12. The van der Waals surface area contributed by atoms with Crippen LogP contribution in [0.5, 0.6) is 0 Å². The van der Waals surface area contributed by atoms with Crippen molar-refractivity contribution in [1.82, 2.24) is 29.9 Å². The second-order valence-electron chi connectivity index (χ2n) is 11.1. The van der Waals surface area contributed by atoms with E-state index in [2.05, 4.69) is 34.1 Å². The van der Waals surface area contributed by atoms with E-state index in [1.54, 1.807) is 12.4 Å². The highest BCUT2D eigenvalue weighted by molar-refractivity contribution is 5.64. The monoisotopic (exact) mass is 500 g/mol. The van der Waals surface area contributed by atoms with Gasteiger partial charge >= 0.3 is 0 Å². The second kappa shape index (κ2) is 7.71. The van der Waals surface area contributed by atoms with Crippen LogP contribution in [0.1, 0.15) is 68.4 Å². The first-order valence-corrected chi connectivity index (χ1v) is 12.7. The molecule has 7 nitrogen and oxygen atoms in total. The number of aliphatic hydroxyl groups is 1. The molecule has 0 aliphatic heterocycles. The average molecular weight is 501 g/mol. The molecule has 9 heteroatoms. The molecule has 0 unspecified atom stereocenters. The number of fused-ring (bicyclic) bond motifs is 5. The zero-order valence-electron chi connectivity index (χ0n) is 20.6. The van der Waals surface area contributed by atoms with Crippen molar-refractivity contribution in [2.24, 2.45) is 5.41 Å². The Bertz CT molecular complexity index is 1530. The Hall–Kier alpha value is -3.59. The summed E-state index contributed by atoms with van der Waals surface area (Å²) in [7, 11) is 0. The van der Waals surface area contributed by atoms with Crippen molar-refractivity contribution in [3.05, 3.63) is 77.6 Å². The number of rotatable bonds is 4. The summed E-state index contributed by atoms with van der Waals surface area (Å²) in [4.78, 5) is 9.63. The molecular formula is C28H26F2N6O. The quantitative estimate of drug-likeness (QED) is 0.425. The molecule has 0 amide bonds. The maximum Gasteiger partial charge on any atom is 0.135 e. The normalized spacial score (nSPS) is 27.2. The van der Waals surface area contributed by atoms with Crippen LogP contribution in [0.25, 0.3) is 22.5 Å². The minimum absolute atomic E-state index is 0.148. The molecule has 2 atom stereocenters. The predicted molar refractivity (Wildman–Crippen MR) is 131 cm³/mol. The number of aromatic nitrogens is 6. The van der Waals surface area contributed by atoms with Crippen LogP contribution in [-0.4, -0.2) is 41.2 Å². The van der Waals surface area contributed by atoms with E-state index >= 15 is 0 Å². The van der Waals surface area contributed by atoms with Crippen molar-refractivity contribution in [2.75, 3.05) is 0 Å². The standard InChI is InChI=1S/C28H26F2N6O/c1-27(2)19-6-7-28(27,26-18(19)10-22(34-35-26)25-20(29)4-3-5-21(25)30)24-13-31-12-23(33-24)15-11-32-36(14-15)16-8-17(37)9-16/h3-5,10-14,16-17,19,37H,6-9H2,1-2H3/t16?,17?,19-,28-/m0/s1. The van der Waals surface area contributed by atoms with Crippen molar-refractivity contribution < 1.29 is 13.9 Å². The number of nitrogens with zero attached hydrogens (tertiary/aromatic N) is 6. The maximum atomic E-state index is 14.5. The number of halogens is 2. The first-order valence-electron chi connectivity index (χ1n) is 12.7. The van der Waals surface area contributed by atoms with Gasteiger partial charge in [-0.2, -0.15) is 10.2 Å². The molecule has 2 fully saturated rings. The molecule has 3 aliphatic rings. The Balaban J connectivity index is 1.31. The number of benzene rings is 1. The van der Waals surface area contributed by atoms with E-state index in [4.69, 9.17) is 4.98 Å². The fraction of sp³-hybridized carbons (Fsp3) is 0.393. The smallest absolute Gasteiger partial charge is 0.135 e. The van der Waals surface area contributed by atoms with Gasteiger partial charge in [0.1, 0.15) is 11.6 Å². The van der Waals surface area contributed by atoms with Crippen LogP contribution in [0.15, 0.2) is 49.1 Å². The van der Waals surface area contributed by atoms with Crippen molar-refractivity contribution in [1.29, 1.82) is 0 Å². The number of aliphatic hydroxyl groups excluding tert-OH is 1. The van der Waals surface area contributed by atoms with Crippen LogP contribution in [0.3, 0.4) is 0 Å². The Labute approximate surface area is 212 Å². The summed E-state index contributed by atoms with van der Waals surface area (Å²) in [6.07, 6.45) is 10.2. The lowest BCUT2D eigenvalue weighted by Crippen LogP contribution is -2.38. The first kappa shape index (κ1) is 22.6. The molecule has 1 aromatic carbocycles. The Kier molecular flexibility index (Phi) is 4.71. The summed E-state index contributed by atoms with van der Waals surface area (Å²) in [6, 6.07) is 5.84. The molecule has 0 spiro atoms. The van der Waals surface area contributed by atoms with Crippen LogP contribution in [0.4, 0.5) is 8.78 Å². The third kappa shape index (κ3) is 3.03. The molecular weight excluding hydrogens is 474 g/mol. The van der Waals surface area contributed by atoms with Gasteiger partial charge in [0.05, 0.1) is 58.3 Å². The molecule has 3 aromatic heterocycles. The average Bonchev–Trinajstić information content (AvgIpc) is 3.50. The zero-order chi connectivity index (χ0) is 25.5. The van der Waals surface area contributed by atoms with E-state index in [-0.39, 0.29) is 34.7 Å². The fourth-order valence-electron chi connectivity index (χ4n) is 6.91. The first-order chi connectivity index (χ1) is 17.8. The minimum atomic E-state index is -0.651. The predicted octanol–water partition coefficient (Wildman–Crippen LogP) is 4.97. The topological polar surface area (TPSA) is 89.6 Å². The summed E-state index contributed by atoms with van der Waals surface area (Å²) in [5.74, 6) is -1.14. The van der Waals surface area contributed by atoms with Gasteiger partial charge in [-0.05, 0) is 60.8 Å². The molecule has 4 aromatic rings. The molecule has 37 heavy (non-hydrogen) atoms. The molecule has 1 N–H and O–H groups in total. The Morgan fingerprint density at radius 1 is 1.03 bits per heavy atom. The van der Waals surface area contributed by atoms with Gasteiger partial charge in [0.25, 0.3) is 0 Å². The number of hydrogen-bond acceptors (Lipinski definition) is 6. The van der Waals surface area contributed by atoms with E-state index in [9.17, 15) is 13.9 Å². The largest absolute Gasteiger partial charge is 0.393 e. The minimum Gasteiger partial charge on any atom is -0.393 e. The highest BCUT2D eigenvalue weighted by Crippen LogP contribution is 2.69. The number of hydrogen-bond donors (Lipinski definition) is 1. The van der Waals surface area contributed by atoms with Gasteiger partial charge < -0.3 is 5.11 Å². The van der Waals surface area contributed by atoms with Crippen molar-refractivity contribution in [3.63, 3.8) is 0 Å². The summed E-state index contributed by atoms with van der Waals surface area (Å²) in [5.41, 5.74) is 3.53. The fourth-order valence-corrected chi connectivity index (χ4v) is 6.91.